The van der Waals surface area contributed by atoms with Gasteiger partial charge in [0.15, 0.2) is 17.3 Å². The molecular formula is C35H43N5O6. The van der Waals surface area contributed by atoms with Gasteiger partial charge in [-0.2, -0.15) is 0 Å². The highest BCUT2D eigenvalue weighted by atomic mass is 16.5. The van der Waals surface area contributed by atoms with E-state index in [2.05, 4.69) is 28.1 Å². The fourth-order valence-corrected chi connectivity index (χ4v) is 6.63. The van der Waals surface area contributed by atoms with Gasteiger partial charge < -0.3 is 33.7 Å². The summed E-state index contributed by atoms with van der Waals surface area (Å²) in [5, 5.41) is 4.86. The van der Waals surface area contributed by atoms with E-state index < -0.39 is 0 Å². The summed E-state index contributed by atoms with van der Waals surface area (Å²) in [7, 11) is 4.84. The Morgan fingerprint density at radius 1 is 1.02 bits per heavy atom. The Kier molecular flexibility index (Phi) is 9.48. The van der Waals surface area contributed by atoms with E-state index in [4.69, 9.17) is 23.6 Å². The van der Waals surface area contributed by atoms with Gasteiger partial charge >= 0.3 is 0 Å². The second-order valence-corrected chi connectivity index (χ2v) is 12.0. The summed E-state index contributed by atoms with van der Waals surface area (Å²) >= 11 is 0. The molecule has 2 amide bonds. The van der Waals surface area contributed by atoms with Crippen LogP contribution in [0.2, 0.25) is 0 Å². The van der Waals surface area contributed by atoms with Crippen LogP contribution in [0.1, 0.15) is 42.3 Å². The van der Waals surface area contributed by atoms with Gasteiger partial charge in [0.2, 0.25) is 11.7 Å². The average Bonchev–Trinajstić information content (AvgIpc) is 3.53. The Morgan fingerprint density at radius 2 is 1.85 bits per heavy atom. The van der Waals surface area contributed by atoms with Crippen LogP contribution in [0.3, 0.4) is 0 Å². The number of carbonyl (C=O) groups is 2. The maximum Gasteiger partial charge on any atom is 0.289 e. The molecule has 11 nitrogen and oxygen atoms in total. The molecule has 244 valence electrons. The second kappa shape index (κ2) is 13.9. The van der Waals surface area contributed by atoms with Gasteiger partial charge in [0.1, 0.15) is 11.4 Å². The van der Waals surface area contributed by atoms with Crippen molar-refractivity contribution in [2.24, 2.45) is 5.92 Å². The molecular weight excluding hydrogens is 586 g/mol. The molecule has 4 heterocycles. The number of piperidine rings is 1. The van der Waals surface area contributed by atoms with Crippen molar-refractivity contribution in [1.29, 1.82) is 0 Å². The number of hydrogen-bond acceptors (Lipinski definition) is 9. The molecule has 0 aliphatic carbocycles. The lowest BCUT2D eigenvalue weighted by Crippen LogP contribution is -2.42. The van der Waals surface area contributed by atoms with Gasteiger partial charge in [-0.15, -0.1) is 0 Å². The lowest BCUT2D eigenvalue weighted by atomic mass is 9.97. The highest BCUT2D eigenvalue weighted by Gasteiger charge is 2.28. The largest absolute Gasteiger partial charge is 0.493 e. The highest BCUT2D eigenvalue weighted by molar-refractivity contribution is 5.96. The first-order chi connectivity index (χ1) is 22.4. The van der Waals surface area contributed by atoms with Crippen molar-refractivity contribution in [1.82, 2.24) is 20.1 Å². The summed E-state index contributed by atoms with van der Waals surface area (Å²) < 4.78 is 23.1. The monoisotopic (exact) mass is 629 g/mol. The number of hydrogen-bond donors (Lipinski definition) is 1. The number of likely N-dealkylation sites (N-methyl/N-ethyl adjacent to an activating group) is 1. The zero-order valence-electron chi connectivity index (χ0n) is 27.1. The highest BCUT2D eigenvalue weighted by Crippen LogP contribution is 2.44. The fraction of sp³-hybridized carbons (Fsp3) is 0.457. The topological polar surface area (TPSA) is 110 Å². The standard InChI is InChI=1S/C35H43N5O6/c1-5-38-15-16-39(35(42)30-18-24-10-6-7-11-28(24)46-30)14-12-31(41)36-20-23-9-8-13-40(21-23)34-25(22-38)17-26-27(37-34)19-29(43-2)33(45-4)32(26)44-3/h6-7,10-11,17-19,23H,5,8-9,12-16,20-22H2,1-4H3,(H,36,41). The van der Waals surface area contributed by atoms with Crippen LogP contribution in [0, 0.1) is 5.92 Å². The molecule has 0 spiro atoms. The number of fused-ring (bicyclic) bond motifs is 6. The summed E-state index contributed by atoms with van der Waals surface area (Å²) in [5.74, 6) is 2.86. The molecule has 11 heteroatoms. The third-order valence-corrected chi connectivity index (χ3v) is 9.14. The zero-order chi connectivity index (χ0) is 32.2. The van der Waals surface area contributed by atoms with Crippen LogP contribution in [0.15, 0.2) is 46.9 Å². The number of carbonyl (C=O) groups excluding carboxylic acids is 2. The first kappa shape index (κ1) is 31.5. The molecule has 2 aromatic carbocycles. The summed E-state index contributed by atoms with van der Waals surface area (Å²) in [6.45, 7) is 7.10. The van der Waals surface area contributed by atoms with Crippen LogP contribution >= 0.6 is 0 Å². The van der Waals surface area contributed by atoms with E-state index in [0.717, 1.165) is 60.1 Å². The van der Waals surface area contributed by atoms with Gasteiger partial charge in [0.05, 0.1) is 26.8 Å². The average molecular weight is 630 g/mol. The first-order valence-electron chi connectivity index (χ1n) is 16.1. The number of rotatable bonds is 5. The van der Waals surface area contributed by atoms with Crippen molar-refractivity contribution in [3.8, 4) is 17.2 Å². The Labute approximate surface area is 269 Å². The molecule has 1 atom stereocenters. The van der Waals surface area contributed by atoms with E-state index in [0.29, 0.717) is 55.6 Å². The third kappa shape index (κ3) is 6.42. The molecule has 2 aromatic heterocycles. The Hall–Kier alpha value is -4.51. The van der Waals surface area contributed by atoms with E-state index >= 15 is 0 Å². The SMILES string of the molecule is CCN1CCN(C(=O)c2cc3ccccc3o2)CCC(=O)NCC2CCCN(C2)c2nc3cc(OC)c(OC)c(OC)c3cc2C1. The molecule has 0 radical (unpaired) electrons. The van der Waals surface area contributed by atoms with Crippen LogP contribution in [0.4, 0.5) is 5.82 Å². The van der Waals surface area contributed by atoms with Crippen LogP contribution in [0.5, 0.6) is 17.2 Å². The van der Waals surface area contributed by atoms with Gasteiger partial charge in [0, 0.05) is 74.6 Å². The molecule has 0 saturated carbocycles. The number of anilines is 1. The Morgan fingerprint density at radius 3 is 2.61 bits per heavy atom. The van der Waals surface area contributed by atoms with E-state index in [1.807, 2.05) is 30.3 Å². The second-order valence-electron chi connectivity index (χ2n) is 12.0. The normalized spacial score (nSPS) is 18.4. The minimum Gasteiger partial charge on any atom is -0.493 e. The molecule has 1 unspecified atom stereocenters. The molecule has 4 aromatic rings. The predicted octanol–water partition coefficient (Wildman–Crippen LogP) is 4.71. The number of nitrogens with one attached hydrogen (secondary N) is 1. The lowest BCUT2D eigenvalue weighted by Gasteiger charge is -2.35. The molecule has 1 saturated heterocycles. The van der Waals surface area contributed by atoms with Gasteiger partial charge in [-0.3, -0.25) is 14.5 Å². The number of amides is 2. The summed E-state index contributed by atoms with van der Waals surface area (Å²) in [6.07, 6.45) is 2.26. The van der Waals surface area contributed by atoms with Crippen LogP contribution < -0.4 is 24.4 Å². The van der Waals surface area contributed by atoms with E-state index in [1.165, 1.54) is 0 Å². The lowest BCUT2D eigenvalue weighted by molar-refractivity contribution is -0.121. The molecule has 2 bridgehead atoms. The van der Waals surface area contributed by atoms with Gasteiger partial charge in [-0.05, 0) is 43.5 Å². The molecule has 6 rings (SSSR count). The number of aromatic nitrogens is 1. The van der Waals surface area contributed by atoms with Gasteiger partial charge in [0.25, 0.3) is 5.91 Å². The summed E-state index contributed by atoms with van der Waals surface area (Å²) in [5.41, 5.74) is 2.49. The van der Waals surface area contributed by atoms with Crippen molar-refractivity contribution >= 4 is 39.5 Å². The first-order valence-corrected chi connectivity index (χ1v) is 16.1. The summed E-state index contributed by atoms with van der Waals surface area (Å²) in [4.78, 5) is 38.4. The van der Waals surface area contributed by atoms with Gasteiger partial charge in [-0.1, -0.05) is 25.1 Å². The zero-order valence-corrected chi connectivity index (χ0v) is 27.1. The molecule has 1 N–H and O–H groups in total. The predicted molar refractivity (Wildman–Crippen MR) is 177 cm³/mol. The quantitative estimate of drug-likeness (QED) is 0.336. The third-order valence-electron chi connectivity index (χ3n) is 9.14. The molecule has 2 aliphatic rings. The smallest absolute Gasteiger partial charge is 0.289 e. The maximum atomic E-state index is 13.8. The van der Waals surface area contributed by atoms with Gasteiger partial charge in [-0.25, -0.2) is 4.98 Å². The van der Waals surface area contributed by atoms with E-state index in [1.54, 1.807) is 32.3 Å². The van der Waals surface area contributed by atoms with Crippen LogP contribution in [-0.2, 0) is 11.3 Å². The number of para-hydroxylation sites is 1. The van der Waals surface area contributed by atoms with Crippen molar-refractivity contribution < 1.29 is 28.2 Å². The number of pyridine rings is 1. The fourth-order valence-electron chi connectivity index (χ4n) is 6.63. The minimum atomic E-state index is -0.217. The number of ether oxygens (including phenoxy) is 3. The molecule has 2 aliphatic heterocycles. The number of furan rings is 1. The maximum absolute atomic E-state index is 13.8. The Balaban J connectivity index is 1.38. The van der Waals surface area contributed by atoms with Crippen molar-refractivity contribution in [2.75, 3.05) is 72.0 Å². The van der Waals surface area contributed by atoms with Crippen molar-refractivity contribution in [3.05, 3.63) is 53.8 Å². The number of nitrogens with zero attached hydrogens (tertiary/aromatic N) is 4. The number of methoxy groups -OCH3 is 3. The van der Waals surface area contributed by atoms with Crippen molar-refractivity contribution in [3.63, 3.8) is 0 Å². The minimum absolute atomic E-state index is 0.0561. The Bertz CT molecular complexity index is 1690. The van der Waals surface area contributed by atoms with E-state index in [9.17, 15) is 9.59 Å². The van der Waals surface area contributed by atoms with E-state index in [-0.39, 0.29) is 29.9 Å². The molecule has 1 fully saturated rings. The van der Waals surface area contributed by atoms with Crippen LogP contribution in [0.25, 0.3) is 21.9 Å². The van der Waals surface area contributed by atoms with Crippen LogP contribution in [-0.4, -0.2) is 93.7 Å². The van der Waals surface area contributed by atoms with Crippen molar-refractivity contribution in [2.45, 2.75) is 32.7 Å². The number of benzene rings is 2. The summed E-state index contributed by atoms with van der Waals surface area (Å²) in [6, 6.07) is 13.4. The molecule has 46 heavy (non-hydrogen) atoms.